The highest BCUT2D eigenvalue weighted by molar-refractivity contribution is 7.13. The molecule has 9 heteroatoms. The number of nitrogens with two attached hydrogens (primary N) is 1. The molecule has 3 rings (SSSR count). The molecule has 0 fully saturated rings. The van der Waals surface area contributed by atoms with E-state index >= 15 is 0 Å². The van der Waals surface area contributed by atoms with E-state index in [1.807, 2.05) is 12.1 Å². The van der Waals surface area contributed by atoms with Crippen molar-refractivity contribution in [2.45, 2.75) is 19.8 Å². The molecule has 0 saturated heterocycles. The average Bonchev–Trinajstić information content (AvgIpc) is 3.10. The van der Waals surface area contributed by atoms with E-state index in [0.29, 0.717) is 22.4 Å². The van der Waals surface area contributed by atoms with Gasteiger partial charge >= 0.3 is 12.1 Å². The Bertz CT molecular complexity index is 972. The van der Waals surface area contributed by atoms with Crippen molar-refractivity contribution in [1.82, 2.24) is 9.97 Å². The van der Waals surface area contributed by atoms with Gasteiger partial charge in [-0.2, -0.15) is 0 Å². The molecule has 0 aliphatic carbocycles. The minimum Gasteiger partial charge on any atom is -0.411 e. The Labute approximate surface area is 165 Å². The Balaban J connectivity index is 1.61. The fraction of sp³-hybridized carbons (Fsp3) is 0.158. The van der Waals surface area contributed by atoms with Gasteiger partial charge in [-0.3, -0.25) is 10.6 Å². The summed E-state index contributed by atoms with van der Waals surface area (Å²) < 4.78 is 4.79. The van der Waals surface area contributed by atoms with Gasteiger partial charge in [0.05, 0.1) is 0 Å². The van der Waals surface area contributed by atoms with Crippen molar-refractivity contribution in [1.29, 1.82) is 0 Å². The summed E-state index contributed by atoms with van der Waals surface area (Å²) in [6, 6.07) is 11.9. The highest BCUT2D eigenvalue weighted by Gasteiger charge is 2.09. The van der Waals surface area contributed by atoms with Crippen LogP contribution in [0.4, 0.5) is 21.2 Å². The van der Waals surface area contributed by atoms with Crippen molar-refractivity contribution in [2.24, 2.45) is 5.73 Å². The standard InChI is InChI=1S/C19H19N5O3S/c1-2-4-13-5-3-6-15(21-13)23-19(26)24-16-11-28-17(22-16)12-7-9-14(10-8-12)27-18(20)25/h3,5-11H,2,4H2,1H3,(H2,20,25)(H2,21,23,24,26). The van der Waals surface area contributed by atoms with Crippen molar-refractivity contribution < 1.29 is 14.3 Å². The lowest BCUT2D eigenvalue weighted by Gasteiger charge is -2.06. The molecule has 0 unspecified atom stereocenters. The number of hydrogen-bond acceptors (Lipinski definition) is 6. The maximum absolute atomic E-state index is 12.2. The number of ether oxygens (including phenoxy) is 1. The van der Waals surface area contributed by atoms with Crippen molar-refractivity contribution >= 4 is 35.1 Å². The van der Waals surface area contributed by atoms with Crippen LogP contribution in [0.2, 0.25) is 0 Å². The largest absolute Gasteiger partial charge is 0.411 e. The van der Waals surface area contributed by atoms with Crippen molar-refractivity contribution in [2.75, 3.05) is 10.6 Å². The molecule has 144 valence electrons. The summed E-state index contributed by atoms with van der Waals surface area (Å²) >= 11 is 1.38. The molecule has 3 aromatic rings. The van der Waals surface area contributed by atoms with Crippen LogP contribution in [0.1, 0.15) is 19.0 Å². The highest BCUT2D eigenvalue weighted by Crippen LogP contribution is 2.27. The summed E-state index contributed by atoms with van der Waals surface area (Å²) in [5, 5.41) is 7.85. The second-order valence-corrected chi connectivity index (χ2v) is 6.68. The monoisotopic (exact) mass is 397 g/mol. The molecular formula is C19H19N5O3S. The van der Waals surface area contributed by atoms with Crippen LogP contribution in [0.5, 0.6) is 5.75 Å². The van der Waals surface area contributed by atoms with E-state index in [4.69, 9.17) is 10.5 Å². The van der Waals surface area contributed by atoms with Gasteiger partial charge in [-0.1, -0.05) is 19.4 Å². The summed E-state index contributed by atoms with van der Waals surface area (Å²) in [7, 11) is 0. The number of primary amides is 1. The number of pyridine rings is 1. The Morgan fingerprint density at radius 1 is 1.07 bits per heavy atom. The zero-order valence-corrected chi connectivity index (χ0v) is 16.0. The molecule has 28 heavy (non-hydrogen) atoms. The lowest BCUT2D eigenvalue weighted by Crippen LogP contribution is -2.20. The molecule has 2 heterocycles. The molecule has 0 saturated carbocycles. The first kappa shape index (κ1) is 19.3. The molecule has 8 nitrogen and oxygen atoms in total. The van der Waals surface area contributed by atoms with Crippen LogP contribution in [0.15, 0.2) is 47.8 Å². The summed E-state index contributed by atoms with van der Waals surface area (Å²) in [4.78, 5) is 31.7. The number of anilines is 2. The average molecular weight is 397 g/mol. The summed E-state index contributed by atoms with van der Waals surface area (Å²) in [5.74, 6) is 1.27. The van der Waals surface area contributed by atoms with Gasteiger partial charge in [0.15, 0.2) is 0 Å². The van der Waals surface area contributed by atoms with Gasteiger partial charge in [0.2, 0.25) is 0 Å². The molecule has 0 aliphatic heterocycles. The van der Waals surface area contributed by atoms with E-state index < -0.39 is 12.1 Å². The lowest BCUT2D eigenvalue weighted by molar-refractivity contribution is 0.211. The van der Waals surface area contributed by atoms with Gasteiger partial charge < -0.3 is 10.5 Å². The number of aromatic nitrogens is 2. The van der Waals surface area contributed by atoms with Crippen LogP contribution < -0.4 is 21.1 Å². The smallest absolute Gasteiger partial charge is 0.409 e. The van der Waals surface area contributed by atoms with E-state index in [2.05, 4.69) is 27.5 Å². The normalized spacial score (nSPS) is 10.3. The first-order valence-corrected chi connectivity index (χ1v) is 9.48. The topological polar surface area (TPSA) is 119 Å². The number of urea groups is 1. The molecule has 1 aromatic carbocycles. The third-order valence-electron chi connectivity index (χ3n) is 3.62. The van der Waals surface area contributed by atoms with Crippen LogP contribution in [-0.2, 0) is 6.42 Å². The molecule has 0 bridgehead atoms. The number of carbonyl (C=O) groups excluding carboxylic acids is 2. The van der Waals surface area contributed by atoms with Crippen molar-refractivity contribution in [3.8, 4) is 16.3 Å². The molecule has 0 atom stereocenters. The van der Waals surface area contributed by atoms with Crippen LogP contribution in [0, 0.1) is 0 Å². The number of nitrogens with zero attached hydrogens (tertiary/aromatic N) is 2. The number of thiazole rings is 1. The number of aryl methyl sites for hydroxylation is 1. The van der Waals surface area contributed by atoms with Crippen LogP contribution in [-0.4, -0.2) is 22.1 Å². The SMILES string of the molecule is CCCc1cccc(NC(=O)Nc2csc(-c3ccc(OC(N)=O)cc3)n2)n1. The van der Waals surface area contributed by atoms with E-state index in [1.54, 1.807) is 35.7 Å². The number of benzene rings is 1. The van der Waals surface area contributed by atoms with E-state index in [1.165, 1.54) is 11.3 Å². The first-order valence-electron chi connectivity index (χ1n) is 8.60. The molecule has 0 radical (unpaired) electrons. The number of amides is 3. The molecular weight excluding hydrogens is 378 g/mol. The Morgan fingerprint density at radius 2 is 1.82 bits per heavy atom. The third-order valence-corrected chi connectivity index (χ3v) is 4.51. The van der Waals surface area contributed by atoms with Gasteiger partial charge in [-0.15, -0.1) is 11.3 Å². The van der Waals surface area contributed by atoms with E-state index in [-0.39, 0.29) is 0 Å². The highest BCUT2D eigenvalue weighted by atomic mass is 32.1. The van der Waals surface area contributed by atoms with Gasteiger partial charge in [0.25, 0.3) is 0 Å². The minimum absolute atomic E-state index is 0.350. The maximum atomic E-state index is 12.2. The van der Waals surface area contributed by atoms with E-state index in [0.717, 1.165) is 24.1 Å². The van der Waals surface area contributed by atoms with Crippen molar-refractivity contribution in [3.05, 3.63) is 53.5 Å². The summed E-state index contributed by atoms with van der Waals surface area (Å²) in [6.45, 7) is 2.08. The molecule has 4 N–H and O–H groups in total. The molecule has 2 aromatic heterocycles. The second kappa shape index (κ2) is 8.96. The lowest BCUT2D eigenvalue weighted by atomic mass is 10.2. The Kier molecular flexibility index (Phi) is 6.18. The zero-order chi connectivity index (χ0) is 19.9. The molecule has 3 amide bonds. The number of hydrogen-bond donors (Lipinski definition) is 3. The van der Waals surface area contributed by atoms with Crippen LogP contribution in [0.3, 0.4) is 0 Å². The predicted molar refractivity (Wildman–Crippen MR) is 109 cm³/mol. The first-order chi connectivity index (χ1) is 13.5. The minimum atomic E-state index is -0.866. The number of rotatable bonds is 6. The Morgan fingerprint density at radius 3 is 2.54 bits per heavy atom. The van der Waals surface area contributed by atoms with Gasteiger partial charge in [0, 0.05) is 16.6 Å². The fourth-order valence-corrected chi connectivity index (χ4v) is 3.21. The molecule has 0 aliphatic rings. The summed E-state index contributed by atoms with van der Waals surface area (Å²) in [6.07, 6.45) is 0.977. The van der Waals surface area contributed by atoms with E-state index in [9.17, 15) is 9.59 Å². The second-order valence-electron chi connectivity index (χ2n) is 5.83. The van der Waals surface area contributed by atoms with Gasteiger partial charge in [0.1, 0.15) is 22.4 Å². The summed E-state index contributed by atoms with van der Waals surface area (Å²) in [5.41, 5.74) is 6.73. The maximum Gasteiger partial charge on any atom is 0.409 e. The Hall–Kier alpha value is -3.46. The van der Waals surface area contributed by atoms with Gasteiger partial charge in [-0.05, 0) is 42.8 Å². The number of nitrogens with one attached hydrogen (secondary N) is 2. The predicted octanol–water partition coefficient (Wildman–Crippen LogP) is 4.26. The van der Waals surface area contributed by atoms with Gasteiger partial charge in [-0.25, -0.2) is 19.6 Å². The van der Waals surface area contributed by atoms with Crippen LogP contribution >= 0.6 is 11.3 Å². The molecule has 0 spiro atoms. The van der Waals surface area contributed by atoms with Crippen LogP contribution in [0.25, 0.3) is 10.6 Å². The zero-order valence-electron chi connectivity index (χ0n) is 15.1. The quantitative estimate of drug-likeness (QED) is 0.574. The fourth-order valence-electron chi connectivity index (χ4n) is 2.45. The van der Waals surface area contributed by atoms with Crippen molar-refractivity contribution in [3.63, 3.8) is 0 Å². The third kappa shape index (κ3) is 5.27. The number of carbonyl (C=O) groups is 2.